The number of pyridine rings is 1. The summed E-state index contributed by atoms with van der Waals surface area (Å²) in [7, 11) is 0. The quantitative estimate of drug-likeness (QED) is 0.185. The third-order valence-electron chi connectivity index (χ3n) is 9.65. The average molecular weight is 613 g/mol. The molecule has 0 saturated heterocycles. The SMILES string of the molecule is c1ccc(-c2ccccc2-c2ccc3c(c2)c2ccccc2c2nnc(-c4ccc(-n5c6ccccc6c6ccccc65)cc4)n32)cc1. The van der Waals surface area contributed by atoms with Crippen LogP contribution in [-0.2, 0) is 0 Å². The Balaban J connectivity index is 1.16. The third-order valence-corrected chi connectivity index (χ3v) is 9.65. The maximum atomic E-state index is 4.80. The number of fused-ring (bicyclic) bond motifs is 9. The topological polar surface area (TPSA) is 35.1 Å². The van der Waals surface area contributed by atoms with Gasteiger partial charge in [0, 0.05) is 32.8 Å². The van der Waals surface area contributed by atoms with E-state index in [0.717, 1.165) is 33.6 Å². The summed E-state index contributed by atoms with van der Waals surface area (Å²) >= 11 is 0. The molecule has 48 heavy (non-hydrogen) atoms. The highest BCUT2D eigenvalue weighted by atomic mass is 15.2. The van der Waals surface area contributed by atoms with Crippen molar-refractivity contribution in [1.82, 2.24) is 19.2 Å². The van der Waals surface area contributed by atoms with Crippen molar-refractivity contribution in [2.45, 2.75) is 0 Å². The second-order valence-corrected chi connectivity index (χ2v) is 12.3. The van der Waals surface area contributed by atoms with Gasteiger partial charge in [0.1, 0.15) is 0 Å². The van der Waals surface area contributed by atoms with Crippen molar-refractivity contribution >= 4 is 49.1 Å². The van der Waals surface area contributed by atoms with Crippen molar-refractivity contribution in [2.75, 3.05) is 0 Å². The fraction of sp³-hybridized carbons (Fsp3) is 0. The van der Waals surface area contributed by atoms with Gasteiger partial charge in [-0.15, -0.1) is 10.2 Å². The summed E-state index contributed by atoms with van der Waals surface area (Å²) in [6.07, 6.45) is 0. The molecule has 224 valence electrons. The van der Waals surface area contributed by atoms with Crippen LogP contribution < -0.4 is 0 Å². The van der Waals surface area contributed by atoms with Gasteiger partial charge in [0.05, 0.1) is 16.6 Å². The lowest BCUT2D eigenvalue weighted by Crippen LogP contribution is -1.96. The van der Waals surface area contributed by atoms with Gasteiger partial charge >= 0.3 is 0 Å². The molecule has 3 heterocycles. The molecule has 7 aromatic carbocycles. The Kier molecular flexibility index (Phi) is 5.84. The van der Waals surface area contributed by atoms with Crippen LogP contribution >= 0.6 is 0 Å². The van der Waals surface area contributed by atoms with E-state index in [0.29, 0.717) is 0 Å². The third kappa shape index (κ3) is 3.96. The second-order valence-electron chi connectivity index (χ2n) is 12.3. The van der Waals surface area contributed by atoms with E-state index in [9.17, 15) is 0 Å². The summed E-state index contributed by atoms with van der Waals surface area (Å²) < 4.78 is 4.56. The van der Waals surface area contributed by atoms with Crippen molar-refractivity contribution in [3.63, 3.8) is 0 Å². The smallest absolute Gasteiger partial charge is 0.169 e. The van der Waals surface area contributed by atoms with Crippen LogP contribution in [0.15, 0.2) is 170 Å². The molecule has 10 aromatic rings. The first kappa shape index (κ1) is 26.7. The fourth-order valence-electron chi connectivity index (χ4n) is 7.47. The molecule has 4 nitrogen and oxygen atoms in total. The van der Waals surface area contributed by atoms with Gasteiger partial charge in [0.2, 0.25) is 0 Å². The summed E-state index contributed by atoms with van der Waals surface area (Å²) in [5.41, 5.74) is 11.3. The highest BCUT2D eigenvalue weighted by molar-refractivity contribution is 6.13. The summed E-state index contributed by atoms with van der Waals surface area (Å²) in [5.74, 6) is 0.826. The van der Waals surface area contributed by atoms with E-state index >= 15 is 0 Å². The first-order chi connectivity index (χ1) is 23.8. The fourth-order valence-corrected chi connectivity index (χ4v) is 7.47. The number of para-hydroxylation sites is 2. The molecular formula is C44H28N4. The van der Waals surface area contributed by atoms with Gasteiger partial charge in [-0.3, -0.25) is 4.40 Å². The predicted molar refractivity (Wildman–Crippen MR) is 199 cm³/mol. The molecule has 0 atom stereocenters. The number of rotatable bonds is 4. The zero-order chi connectivity index (χ0) is 31.6. The highest BCUT2D eigenvalue weighted by Gasteiger charge is 2.18. The zero-order valence-electron chi connectivity index (χ0n) is 26.0. The van der Waals surface area contributed by atoms with E-state index < -0.39 is 0 Å². The Morgan fingerprint density at radius 1 is 0.354 bits per heavy atom. The molecule has 0 N–H and O–H groups in total. The van der Waals surface area contributed by atoms with Crippen LogP contribution in [0, 0.1) is 0 Å². The maximum absolute atomic E-state index is 4.80. The molecule has 0 unspecified atom stereocenters. The van der Waals surface area contributed by atoms with Crippen LogP contribution in [0.5, 0.6) is 0 Å². The standard InChI is InChI=1S/C44H28N4/c1-2-12-29(13-3-1)33-14-4-5-15-34(33)31-24-27-42-39(28-31)35-16-6-7-19-38(35)44-46-45-43(48(42)44)30-22-25-32(26-23-30)47-40-20-10-8-17-36(40)37-18-9-11-21-41(37)47/h1-28H. The van der Waals surface area contributed by atoms with Crippen LogP contribution in [0.2, 0.25) is 0 Å². The Bertz CT molecular complexity index is 2770. The molecule has 0 aliphatic rings. The molecule has 0 aliphatic heterocycles. The lowest BCUT2D eigenvalue weighted by molar-refractivity contribution is 1.11. The van der Waals surface area contributed by atoms with Gasteiger partial charge in [-0.25, -0.2) is 0 Å². The van der Waals surface area contributed by atoms with Crippen molar-refractivity contribution < 1.29 is 0 Å². The Hall–Kier alpha value is -6.52. The molecule has 0 saturated carbocycles. The first-order valence-corrected chi connectivity index (χ1v) is 16.3. The summed E-state index contributed by atoms with van der Waals surface area (Å²) in [5, 5.41) is 15.5. The van der Waals surface area contributed by atoms with Crippen LogP contribution in [-0.4, -0.2) is 19.2 Å². The maximum Gasteiger partial charge on any atom is 0.169 e. The first-order valence-electron chi connectivity index (χ1n) is 16.3. The molecule has 4 heteroatoms. The van der Waals surface area contributed by atoms with E-state index in [1.165, 1.54) is 54.8 Å². The molecule has 0 fully saturated rings. The van der Waals surface area contributed by atoms with Gasteiger partial charge in [0.15, 0.2) is 11.5 Å². The van der Waals surface area contributed by atoms with Gasteiger partial charge in [-0.2, -0.15) is 0 Å². The zero-order valence-corrected chi connectivity index (χ0v) is 26.0. The molecule has 0 bridgehead atoms. The van der Waals surface area contributed by atoms with Crippen molar-refractivity contribution in [2.24, 2.45) is 0 Å². The van der Waals surface area contributed by atoms with Crippen molar-refractivity contribution in [3.05, 3.63) is 170 Å². The van der Waals surface area contributed by atoms with Crippen molar-refractivity contribution in [1.29, 1.82) is 0 Å². The summed E-state index contributed by atoms with van der Waals surface area (Å²) in [6.45, 7) is 0. The normalized spacial score (nSPS) is 11.8. The van der Waals surface area contributed by atoms with Gasteiger partial charge < -0.3 is 4.57 Å². The van der Waals surface area contributed by atoms with Crippen molar-refractivity contribution in [3.8, 4) is 39.3 Å². The number of nitrogens with zero attached hydrogens (tertiary/aromatic N) is 4. The molecule has 0 amide bonds. The number of hydrogen-bond acceptors (Lipinski definition) is 2. The number of benzene rings is 7. The van der Waals surface area contributed by atoms with Gasteiger partial charge in [-0.1, -0.05) is 121 Å². The summed E-state index contributed by atoms with van der Waals surface area (Å²) in [6, 6.07) is 60.5. The second kappa shape index (κ2) is 10.5. The Morgan fingerprint density at radius 2 is 0.917 bits per heavy atom. The Labute approximate surface area is 276 Å². The highest BCUT2D eigenvalue weighted by Crippen LogP contribution is 2.38. The van der Waals surface area contributed by atoms with E-state index in [1.807, 2.05) is 0 Å². The van der Waals surface area contributed by atoms with Crippen LogP contribution in [0.4, 0.5) is 0 Å². The minimum absolute atomic E-state index is 0.826. The molecule has 0 radical (unpaired) electrons. The monoisotopic (exact) mass is 612 g/mol. The molecule has 3 aromatic heterocycles. The molecule has 10 rings (SSSR count). The number of hydrogen-bond donors (Lipinski definition) is 0. The van der Waals surface area contributed by atoms with Crippen LogP contribution in [0.3, 0.4) is 0 Å². The van der Waals surface area contributed by atoms with Crippen LogP contribution in [0.1, 0.15) is 0 Å². The largest absolute Gasteiger partial charge is 0.309 e. The summed E-state index contributed by atoms with van der Waals surface area (Å²) in [4.78, 5) is 0. The van der Waals surface area contributed by atoms with Gasteiger partial charge in [-0.05, 0) is 76.2 Å². The van der Waals surface area contributed by atoms with Crippen LogP contribution in [0.25, 0.3) is 88.5 Å². The molecule has 0 aliphatic carbocycles. The predicted octanol–water partition coefficient (Wildman–Crippen LogP) is 11.1. The van der Waals surface area contributed by atoms with E-state index in [1.54, 1.807) is 0 Å². The molecule has 0 spiro atoms. The van der Waals surface area contributed by atoms with Gasteiger partial charge in [0.25, 0.3) is 0 Å². The number of aromatic nitrogens is 4. The minimum Gasteiger partial charge on any atom is -0.309 e. The van der Waals surface area contributed by atoms with E-state index in [4.69, 9.17) is 10.2 Å². The van der Waals surface area contributed by atoms with E-state index in [2.05, 4.69) is 179 Å². The minimum atomic E-state index is 0.826. The average Bonchev–Trinajstić information content (AvgIpc) is 3.76. The molecular weight excluding hydrogens is 585 g/mol. The van der Waals surface area contributed by atoms with E-state index in [-0.39, 0.29) is 0 Å². The Morgan fingerprint density at radius 3 is 1.62 bits per heavy atom. The lowest BCUT2D eigenvalue weighted by atomic mass is 9.93. The lowest BCUT2D eigenvalue weighted by Gasteiger charge is -2.14.